The summed E-state index contributed by atoms with van der Waals surface area (Å²) in [4.78, 5) is 8.36. The molecule has 20 heavy (non-hydrogen) atoms. The zero-order valence-electron chi connectivity index (χ0n) is 11.0. The number of nitrogens with zero attached hydrogens (tertiary/aromatic N) is 2. The van der Waals surface area contributed by atoms with Crippen molar-refractivity contribution in [3.05, 3.63) is 45.7 Å². The summed E-state index contributed by atoms with van der Waals surface area (Å²) in [6.07, 6.45) is 5.17. The molecule has 0 spiro atoms. The first kappa shape index (κ1) is 15.2. The molecular formula is C14H15BrClN3O. The van der Waals surface area contributed by atoms with Crippen LogP contribution in [-0.2, 0) is 6.42 Å². The summed E-state index contributed by atoms with van der Waals surface area (Å²) in [6, 6.07) is 5.69. The van der Waals surface area contributed by atoms with Crippen LogP contribution in [-0.4, -0.2) is 16.0 Å². The number of hydrogen-bond acceptors (Lipinski definition) is 4. The Balaban J connectivity index is 2.07. The van der Waals surface area contributed by atoms with Gasteiger partial charge in [0, 0.05) is 23.5 Å². The van der Waals surface area contributed by atoms with E-state index in [1.54, 1.807) is 30.6 Å². The fraction of sp³-hybridized carbons (Fsp3) is 0.286. The summed E-state index contributed by atoms with van der Waals surface area (Å²) in [5.41, 5.74) is 6.90. The summed E-state index contributed by atoms with van der Waals surface area (Å²) in [5.74, 6) is 0.618. The lowest BCUT2D eigenvalue weighted by Gasteiger charge is -2.09. The maximum absolute atomic E-state index is 5.90. The molecule has 0 radical (unpaired) electrons. The molecule has 0 aliphatic heterocycles. The van der Waals surface area contributed by atoms with Gasteiger partial charge in [-0.15, -0.1) is 0 Å². The van der Waals surface area contributed by atoms with Gasteiger partial charge in [0.05, 0.1) is 4.47 Å². The Labute approximate surface area is 131 Å². The van der Waals surface area contributed by atoms with Crippen LogP contribution in [0.1, 0.15) is 18.9 Å². The van der Waals surface area contributed by atoms with Crippen LogP contribution < -0.4 is 10.5 Å². The number of benzene rings is 1. The third kappa shape index (κ3) is 4.16. The Morgan fingerprint density at radius 3 is 2.65 bits per heavy atom. The minimum absolute atomic E-state index is 0.135. The minimum Gasteiger partial charge on any atom is -0.423 e. The lowest BCUT2D eigenvalue weighted by Crippen LogP contribution is -2.21. The normalized spacial score (nSPS) is 12.2. The highest BCUT2D eigenvalue weighted by Gasteiger charge is 2.07. The van der Waals surface area contributed by atoms with Gasteiger partial charge in [0.25, 0.3) is 0 Å². The van der Waals surface area contributed by atoms with Gasteiger partial charge in [-0.2, -0.15) is 0 Å². The van der Waals surface area contributed by atoms with Crippen molar-refractivity contribution in [1.29, 1.82) is 0 Å². The summed E-state index contributed by atoms with van der Waals surface area (Å²) >= 11 is 9.25. The molecule has 0 saturated heterocycles. The first-order valence-corrected chi connectivity index (χ1v) is 7.45. The Hall–Kier alpha value is -1.17. The van der Waals surface area contributed by atoms with Gasteiger partial charge >= 0.3 is 6.01 Å². The van der Waals surface area contributed by atoms with Gasteiger partial charge in [0.1, 0.15) is 5.75 Å². The molecule has 1 atom stereocenters. The Bertz CT molecular complexity index is 577. The molecule has 106 valence electrons. The number of ether oxygens (including phenoxy) is 1. The Kier molecular flexibility index (Phi) is 5.34. The molecule has 0 amide bonds. The molecule has 1 aromatic heterocycles. The predicted octanol–water partition coefficient (Wildman–Crippen LogP) is 3.96. The highest BCUT2D eigenvalue weighted by atomic mass is 79.9. The molecule has 0 aliphatic carbocycles. The van der Waals surface area contributed by atoms with Gasteiger partial charge in [0.2, 0.25) is 0 Å². The van der Waals surface area contributed by atoms with Crippen LogP contribution >= 0.6 is 27.5 Å². The highest BCUT2D eigenvalue weighted by Crippen LogP contribution is 2.30. The van der Waals surface area contributed by atoms with Gasteiger partial charge in [0.15, 0.2) is 0 Å². The van der Waals surface area contributed by atoms with Crippen molar-refractivity contribution >= 4 is 27.5 Å². The summed E-state index contributed by atoms with van der Waals surface area (Å²) in [5, 5.41) is 0.633. The van der Waals surface area contributed by atoms with Crippen LogP contribution in [0.4, 0.5) is 0 Å². The van der Waals surface area contributed by atoms with Crippen LogP contribution in [0.3, 0.4) is 0 Å². The molecule has 1 unspecified atom stereocenters. The zero-order chi connectivity index (χ0) is 14.5. The van der Waals surface area contributed by atoms with Gasteiger partial charge in [-0.25, -0.2) is 9.97 Å². The second-order valence-electron chi connectivity index (χ2n) is 4.42. The maximum atomic E-state index is 5.90. The Morgan fingerprint density at radius 1 is 1.35 bits per heavy atom. The van der Waals surface area contributed by atoms with Crippen LogP contribution in [0.2, 0.25) is 5.02 Å². The van der Waals surface area contributed by atoms with Crippen LogP contribution in [0.5, 0.6) is 11.8 Å². The molecule has 2 N–H and O–H groups in total. The first-order chi connectivity index (χ1) is 9.58. The molecule has 1 heterocycles. The molecule has 0 saturated carbocycles. The second kappa shape index (κ2) is 7.02. The van der Waals surface area contributed by atoms with Crippen LogP contribution in [0.15, 0.2) is 35.1 Å². The van der Waals surface area contributed by atoms with E-state index in [1.165, 1.54) is 0 Å². The largest absolute Gasteiger partial charge is 0.423 e. The molecule has 0 fully saturated rings. The van der Waals surface area contributed by atoms with Gasteiger partial charge in [-0.05, 0) is 52.5 Å². The van der Waals surface area contributed by atoms with Gasteiger partial charge < -0.3 is 10.5 Å². The molecule has 2 rings (SSSR count). The van der Waals surface area contributed by atoms with Gasteiger partial charge in [-0.3, -0.25) is 0 Å². The van der Waals surface area contributed by atoms with Crippen molar-refractivity contribution < 1.29 is 4.74 Å². The topological polar surface area (TPSA) is 61.0 Å². The quantitative estimate of drug-likeness (QED) is 0.880. The van der Waals surface area contributed by atoms with Crippen molar-refractivity contribution in [3.8, 4) is 11.8 Å². The van der Waals surface area contributed by atoms with E-state index in [9.17, 15) is 0 Å². The minimum atomic E-state index is 0.135. The van der Waals surface area contributed by atoms with E-state index in [0.717, 1.165) is 22.9 Å². The Morgan fingerprint density at radius 2 is 2.05 bits per heavy atom. The molecular weight excluding hydrogens is 342 g/mol. The van der Waals surface area contributed by atoms with E-state index < -0.39 is 0 Å². The van der Waals surface area contributed by atoms with Crippen molar-refractivity contribution in [2.45, 2.75) is 25.8 Å². The monoisotopic (exact) mass is 355 g/mol. The maximum Gasteiger partial charge on any atom is 0.321 e. The molecule has 6 heteroatoms. The fourth-order valence-electron chi connectivity index (χ4n) is 1.60. The zero-order valence-corrected chi connectivity index (χ0v) is 13.4. The van der Waals surface area contributed by atoms with Crippen LogP contribution in [0.25, 0.3) is 0 Å². The van der Waals surface area contributed by atoms with E-state index in [1.807, 2.05) is 0 Å². The number of hydrogen-bond donors (Lipinski definition) is 1. The third-order valence-corrected chi connectivity index (χ3v) is 3.65. The van der Waals surface area contributed by atoms with Crippen LogP contribution in [0, 0.1) is 0 Å². The molecule has 0 aliphatic rings. The number of rotatable bonds is 5. The van der Waals surface area contributed by atoms with Gasteiger partial charge in [-0.1, -0.05) is 18.5 Å². The third-order valence-electron chi connectivity index (χ3n) is 2.80. The van der Waals surface area contributed by atoms with Crippen molar-refractivity contribution in [2.24, 2.45) is 5.73 Å². The molecule has 2 aromatic rings. The number of nitrogens with two attached hydrogens (primary N) is 1. The molecule has 0 bridgehead atoms. The second-order valence-corrected chi connectivity index (χ2v) is 5.71. The predicted molar refractivity (Wildman–Crippen MR) is 83.2 cm³/mol. The fourth-order valence-corrected chi connectivity index (χ4v) is 2.37. The summed E-state index contributed by atoms with van der Waals surface area (Å²) in [7, 11) is 0. The first-order valence-electron chi connectivity index (χ1n) is 6.28. The standard InChI is InChI=1S/C14H15BrClN3O/c1-2-11(17)5-9-7-18-14(19-8-9)20-13-4-3-10(16)6-12(13)15/h3-4,6-8,11H,2,5,17H2,1H3. The van der Waals surface area contributed by atoms with Crippen molar-refractivity contribution in [3.63, 3.8) is 0 Å². The van der Waals surface area contributed by atoms with E-state index in [-0.39, 0.29) is 6.04 Å². The average molecular weight is 357 g/mol. The molecule has 4 nitrogen and oxygen atoms in total. The lowest BCUT2D eigenvalue weighted by atomic mass is 10.1. The summed E-state index contributed by atoms with van der Waals surface area (Å²) < 4.78 is 6.35. The number of halogens is 2. The van der Waals surface area contributed by atoms with E-state index in [2.05, 4.69) is 32.8 Å². The average Bonchev–Trinajstić information content (AvgIpc) is 2.44. The lowest BCUT2D eigenvalue weighted by molar-refractivity contribution is 0.438. The number of aromatic nitrogens is 2. The SMILES string of the molecule is CCC(N)Cc1cnc(Oc2ccc(Cl)cc2Br)nc1. The van der Waals surface area contributed by atoms with E-state index in [0.29, 0.717) is 16.8 Å². The van der Waals surface area contributed by atoms with Crippen molar-refractivity contribution in [2.75, 3.05) is 0 Å². The van der Waals surface area contributed by atoms with Crippen molar-refractivity contribution in [1.82, 2.24) is 9.97 Å². The summed E-state index contributed by atoms with van der Waals surface area (Å²) in [6.45, 7) is 2.06. The van der Waals surface area contributed by atoms with E-state index >= 15 is 0 Å². The molecule has 1 aromatic carbocycles. The highest BCUT2D eigenvalue weighted by molar-refractivity contribution is 9.10. The smallest absolute Gasteiger partial charge is 0.321 e. The van der Waals surface area contributed by atoms with E-state index in [4.69, 9.17) is 22.1 Å².